The third-order valence-electron chi connectivity index (χ3n) is 4.58. The summed E-state index contributed by atoms with van der Waals surface area (Å²) in [6.45, 7) is 5.21. The molecule has 2 amide bonds. The van der Waals surface area contributed by atoms with E-state index in [1.807, 2.05) is 0 Å². The first-order chi connectivity index (χ1) is 11.9. The van der Waals surface area contributed by atoms with Crippen LogP contribution in [0.2, 0.25) is 0 Å². The Morgan fingerprint density at radius 2 is 2.04 bits per heavy atom. The van der Waals surface area contributed by atoms with Gasteiger partial charge in [0, 0.05) is 18.0 Å². The Labute approximate surface area is 151 Å². The molecule has 1 saturated heterocycles. The van der Waals surface area contributed by atoms with Gasteiger partial charge in [0.15, 0.2) is 6.10 Å². The molecule has 1 N–H and O–H groups in total. The van der Waals surface area contributed by atoms with Gasteiger partial charge in [-0.3, -0.25) is 9.59 Å². The third-order valence-corrected chi connectivity index (χ3v) is 5.65. The second-order valence-corrected chi connectivity index (χ2v) is 7.62. The molecular formula is C18H22N2O4S. The van der Waals surface area contributed by atoms with Crippen molar-refractivity contribution in [3.8, 4) is 0 Å². The molecule has 25 heavy (non-hydrogen) atoms. The topological polar surface area (TPSA) is 75.7 Å². The molecular weight excluding hydrogens is 340 g/mol. The van der Waals surface area contributed by atoms with Crippen LogP contribution in [0.3, 0.4) is 0 Å². The van der Waals surface area contributed by atoms with E-state index in [2.05, 4.69) is 12.2 Å². The van der Waals surface area contributed by atoms with Gasteiger partial charge in [0.1, 0.15) is 0 Å². The van der Waals surface area contributed by atoms with Gasteiger partial charge in [0.2, 0.25) is 5.91 Å². The fourth-order valence-corrected chi connectivity index (χ4v) is 3.76. The van der Waals surface area contributed by atoms with Crippen LogP contribution in [0.5, 0.6) is 0 Å². The number of carbonyl (C=O) groups is 3. The number of hydrogen-bond acceptors (Lipinski definition) is 5. The van der Waals surface area contributed by atoms with E-state index in [1.165, 1.54) is 11.8 Å². The largest absolute Gasteiger partial charge is 0.449 e. The second-order valence-electron chi connectivity index (χ2n) is 6.60. The fraction of sp³-hybridized carbons (Fsp3) is 0.500. The van der Waals surface area contributed by atoms with Crippen LogP contribution in [-0.4, -0.2) is 47.6 Å². The second kappa shape index (κ2) is 7.47. The zero-order valence-corrected chi connectivity index (χ0v) is 15.2. The highest BCUT2D eigenvalue weighted by Crippen LogP contribution is 2.32. The maximum atomic E-state index is 12.4. The lowest BCUT2D eigenvalue weighted by atomic mass is 9.99. The van der Waals surface area contributed by atoms with Crippen LogP contribution in [0.1, 0.15) is 37.0 Å². The lowest BCUT2D eigenvalue weighted by Gasteiger charge is -2.31. The number of amides is 2. The van der Waals surface area contributed by atoms with Gasteiger partial charge >= 0.3 is 5.97 Å². The minimum absolute atomic E-state index is 0.0918. The van der Waals surface area contributed by atoms with Crippen molar-refractivity contribution in [3.63, 3.8) is 0 Å². The van der Waals surface area contributed by atoms with E-state index in [9.17, 15) is 14.4 Å². The number of fused-ring (bicyclic) bond motifs is 1. The molecule has 1 aromatic carbocycles. The van der Waals surface area contributed by atoms with Crippen molar-refractivity contribution >= 4 is 35.2 Å². The average molecular weight is 362 g/mol. The number of thioether (sulfide) groups is 1. The molecule has 2 aliphatic heterocycles. The number of rotatable bonds is 3. The first kappa shape index (κ1) is 17.8. The predicted molar refractivity (Wildman–Crippen MR) is 95.7 cm³/mol. The number of nitrogens with zero attached hydrogens (tertiary/aromatic N) is 1. The Kier molecular flexibility index (Phi) is 5.32. The molecule has 1 atom stereocenters. The number of esters is 1. The Morgan fingerprint density at radius 3 is 2.76 bits per heavy atom. The van der Waals surface area contributed by atoms with E-state index in [1.54, 1.807) is 30.0 Å². The number of anilines is 1. The summed E-state index contributed by atoms with van der Waals surface area (Å²) in [6, 6.07) is 5.04. The Balaban J connectivity index is 1.62. The van der Waals surface area contributed by atoms with Crippen molar-refractivity contribution in [1.82, 2.24) is 4.90 Å². The van der Waals surface area contributed by atoms with Gasteiger partial charge in [0.05, 0.1) is 17.0 Å². The predicted octanol–water partition coefficient (Wildman–Crippen LogP) is 2.53. The molecule has 7 heteroatoms. The van der Waals surface area contributed by atoms with E-state index >= 15 is 0 Å². The standard InChI is InChI=1S/C18H22N2O4S/c1-11-5-7-20(8-6-11)17(22)12(2)24-18(23)13-3-4-15-14(9-13)19-16(21)10-25-15/h3-4,9,11-12H,5-8,10H2,1-2H3,(H,19,21). The molecule has 0 aliphatic carbocycles. The van der Waals surface area contributed by atoms with Crippen LogP contribution >= 0.6 is 11.8 Å². The molecule has 0 aromatic heterocycles. The van der Waals surface area contributed by atoms with E-state index in [4.69, 9.17) is 4.74 Å². The minimum atomic E-state index is -0.819. The molecule has 134 valence electrons. The van der Waals surface area contributed by atoms with E-state index in [0.29, 0.717) is 36.0 Å². The van der Waals surface area contributed by atoms with Crippen molar-refractivity contribution in [1.29, 1.82) is 0 Å². The number of likely N-dealkylation sites (tertiary alicyclic amines) is 1. The Bertz CT molecular complexity index is 698. The molecule has 1 unspecified atom stereocenters. The van der Waals surface area contributed by atoms with Crippen molar-refractivity contribution in [2.24, 2.45) is 5.92 Å². The number of piperidine rings is 1. The molecule has 0 bridgehead atoms. The summed E-state index contributed by atoms with van der Waals surface area (Å²) in [5, 5.41) is 2.74. The van der Waals surface area contributed by atoms with E-state index in [-0.39, 0.29) is 11.8 Å². The van der Waals surface area contributed by atoms with Crippen LogP contribution in [0, 0.1) is 5.92 Å². The highest BCUT2D eigenvalue weighted by Gasteiger charge is 2.27. The molecule has 0 radical (unpaired) electrons. The normalized spacial score (nSPS) is 19.0. The molecule has 2 heterocycles. The van der Waals surface area contributed by atoms with Crippen molar-refractivity contribution in [2.75, 3.05) is 24.2 Å². The first-order valence-electron chi connectivity index (χ1n) is 8.50. The van der Waals surface area contributed by atoms with Crippen LogP contribution in [-0.2, 0) is 14.3 Å². The summed E-state index contributed by atoms with van der Waals surface area (Å²) >= 11 is 1.43. The van der Waals surface area contributed by atoms with Crippen molar-refractivity contribution < 1.29 is 19.1 Å². The van der Waals surface area contributed by atoms with Gasteiger partial charge in [0.25, 0.3) is 5.91 Å². The summed E-state index contributed by atoms with van der Waals surface area (Å²) in [5.74, 6) is 0.203. The van der Waals surface area contributed by atoms with Crippen molar-refractivity contribution in [3.05, 3.63) is 23.8 Å². The maximum absolute atomic E-state index is 12.4. The molecule has 2 aliphatic rings. The molecule has 0 saturated carbocycles. The monoisotopic (exact) mass is 362 g/mol. The van der Waals surface area contributed by atoms with Crippen molar-refractivity contribution in [2.45, 2.75) is 37.7 Å². The SMILES string of the molecule is CC1CCN(C(=O)C(C)OC(=O)c2ccc3c(c2)NC(=O)CS3)CC1. The number of benzene rings is 1. The molecule has 1 aromatic rings. The van der Waals surface area contributed by atoms with Crippen LogP contribution in [0.15, 0.2) is 23.1 Å². The quantitative estimate of drug-likeness (QED) is 0.836. The lowest BCUT2D eigenvalue weighted by Crippen LogP contribution is -2.44. The van der Waals surface area contributed by atoms with Crippen LogP contribution in [0.4, 0.5) is 5.69 Å². The average Bonchev–Trinajstić information content (AvgIpc) is 2.61. The summed E-state index contributed by atoms with van der Waals surface area (Å²) in [5.41, 5.74) is 0.938. The number of ether oxygens (including phenoxy) is 1. The van der Waals surface area contributed by atoms with Gasteiger partial charge in [-0.25, -0.2) is 4.79 Å². The summed E-state index contributed by atoms with van der Waals surface area (Å²) in [7, 11) is 0. The summed E-state index contributed by atoms with van der Waals surface area (Å²) in [6.07, 6.45) is 1.14. The Hall–Kier alpha value is -2.02. The molecule has 0 spiro atoms. The van der Waals surface area contributed by atoms with Gasteiger partial charge in [-0.2, -0.15) is 0 Å². The van der Waals surface area contributed by atoms with E-state index < -0.39 is 12.1 Å². The fourth-order valence-electron chi connectivity index (χ4n) is 2.98. The van der Waals surface area contributed by atoms with Gasteiger partial charge in [-0.1, -0.05) is 6.92 Å². The Morgan fingerprint density at radius 1 is 1.32 bits per heavy atom. The minimum Gasteiger partial charge on any atom is -0.449 e. The smallest absolute Gasteiger partial charge is 0.338 e. The van der Waals surface area contributed by atoms with Crippen LogP contribution < -0.4 is 5.32 Å². The highest BCUT2D eigenvalue weighted by molar-refractivity contribution is 8.00. The highest BCUT2D eigenvalue weighted by atomic mass is 32.2. The zero-order valence-electron chi connectivity index (χ0n) is 14.4. The first-order valence-corrected chi connectivity index (χ1v) is 9.49. The van der Waals surface area contributed by atoms with Gasteiger partial charge in [-0.15, -0.1) is 11.8 Å². The molecule has 3 rings (SSSR count). The van der Waals surface area contributed by atoms with Gasteiger partial charge < -0.3 is 15.0 Å². The summed E-state index contributed by atoms with van der Waals surface area (Å²) in [4.78, 5) is 38.9. The third kappa shape index (κ3) is 4.15. The molecule has 6 nitrogen and oxygen atoms in total. The molecule has 1 fully saturated rings. The number of carbonyl (C=O) groups excluding carboxylic acids is 3. The van der Waals surface area contributed by atoms with Gasteiger partial charge in [-0.05, 0) is 43.9 Å². The lowest BCUT2D eigenvalue weighted by molar-refractivity contribution is -0.141. The maximum Gasteiger partial charge on any atom is 0.338 e. The summed E-state index contributed by atoms with van der Waals surface area (Å²) < 4.78 is 5.35. The van der Waals surface area contributed by atoms with Crippen LogP contribution in [0.25, 0.3) is 0 Å². The number of hydrogen-bond donors (Lipinski definition) is 1. The number of nitrogens with one attached hydrogen (secondary N) is 1. The zero-order chi connectivity index (χ0) is 18.0. The van der Waals surface area contributed by atoms with E-state index in [0.717, 1.165) is 17.7 Å².